The van der Waals surface area contributed by atoms with E-state index in [0.29, 0.717) is 18.6 Å². The smallest absolute Gasteiger partial charge is 0.416 e. The van der Waals surface area contributed by atoms with Crippen molar-refractivity contribution in [3.05, 3.63) is 75.0 Å². The number of halogens is 3. The maximum atomic E-state index is 13.0. The highest BCUT2D eigenvalue weighted by atomic mass is 19.4. The summed E-state index contributed by atoms with van der Waals surface area (Å²) in [6, 6.07) is 7.07. The van der Waals surface area contributed by atoms with E-state index in [1.165, 1.54) is 34.6 Å². The largest absolute Gasteiger partial charge is 0.478 e. The molecule has 188 valence electrons. The van der Waals surface area contributed by atoms with Crippen LogP contribution < -0.4 is 10.4 Å². The summed E-state index contributed by atoms with van der Waals surface area (Å²) in [4.78, 5) is 24.7. The fraction of sp³-hybridized carbons (Fsp3) is 0.400. The van der Waals surface area contributed by atoms with Crippen molar-refractivity contribution in [1.82, 2.24) is 14.3 Å². The minimum Gasteiger partial charge on any atom is -0.478 e. The molecule has 0 aliphatic carbocycles. The van der Waals surface area contributed by atoms with Crippen LogP contribution in [0.5, 0.6) is 5.75 Å². The molecular weight excluding hydrogens is 463 g/mol. The Morgan fingerprint density at radius 3 is 2.23 bits per heavy atom. The molecule has 3 rings (SSSR count). The second-order valence-electron chi connectivity index (χ2n) is 8.88. The van der Waals surface area contributed by atoms with E-state index in [2.05, 4.69) is 5.10 Å². The Kier molecular flexibility index (Phi) is 7.14. The summed E-state index contributed by atoms with van der Waals surface area (Å²) in [5, 5.41) is 13.7. The molecule has 0 amide bonds. The van der Waals surface area contributed by atoms with E-state index in [-0.39, 0.29) is 17.8 Å². The van der Waals surface area contributed by atoms with Crippen LogP contribution in [0, 0.1) is 20.8 Å². The van der Waals surface area contributed by atoms with E-state index in [0.717, 1.165) is 22.8 Å². The van der Waals surface area contributed by atoms with Crippen molar-refractivity contribution in [2.24, 2.45) is 0 Å². The molecule has 0 saturated carbocycles. The average Bonchev–Trinajstić information content (AvgIpc) is 3.10. The number of nitrogens with zero attached hydrogens (tertiary/aromatic N) is 3. The van der Waals surface area contributed by atoms with Gasteiger partial charge in [-0.05, 0) is 74.6 Å². The van der Waals surface area contributed by atoms with Crippen LogP contribution in [-0.4, -0.2) is 31.0 Å². The lowest BCUT2D eigenvalue weighted by Gasteiger charge is -2.28. The van der Waals surface area contributed by atoms with Gasteiger partial charge in [0.1, 0.15) is 12.1 Å². The first kappa shape index (κ1) is 26.1. The van der Waals surface area contributed by atoms with Gasteiger partial charge in [0.05, 0.1) is 17.8 Å². The molecule has 0 aliphatic heterocycles. The molecule has 7 nitrogen and oxygen atoms in total. The number of carboxylic acid groups (broad SMARTS) is 1. The van der Waals surface area contributed by atoms with Crippen molar-refractivity contribution in [3.63, 3.8) is 0 Å². The highest BCUT2D eigenvalue weighted by molar-refractivity contribution is 5.77. The number of ether oxygens (including phenoxy) is 1. The second kappa shape index (κ2) is 9.59. The van der Waals surface area contributed by atoms with E-state index in [9.17, 15) is 27.9 Å². The maximum absolute atomic E-state index is 13.0. The molecule has 0 spiro atoms. The summed E-state index contributed by atoms with van der Waals surface area (Å²) in [5.74, 6) is -0.567. The second-order valence-corrected chi connectivity index (χ2v) is 8.88. The van der Waals surface area contributed by atoms with Gasteiger partial charge in [-0.25, -0.2) is 18.8 Å². The lowest BCUT2D eigenvalue weighted by Crippen LogP contribution is -2.41. The van der Waals surface area contributed by atoms with Gasteiger partial charge in [0, 0.05) is 0 Å². The molecular formula is C25H28F3N3O4. The summed E-state index contributed by atoms with van der Waals surface area (Å²) >= 11 is 0. The zero-order chi connectivity index (χ0) is 26.1. The Hall–Kier alpha value is -3.56. The minimum atomic E-state index is -4.47. The number of alkyl halides is 3. The molecule has 2 aromatic carbocycles. The number of carboxylic acids is 1. The maximum Gasteiger partial charge on any atom is 0.416 e. The van der Waals surface area contributed by atoms with Crippen LogP contribution in [0.3, 0.4) is 0 Å². The topological polar surface area (TPSA) is 86.4 Å². The number of carbonyl (C=O) groups is 1. The van der Waals surface area contributed by atoms with E-state index in [1.807, 2.05) is 6.92 Å². The predicted octanol–water partition coefficient (Wildman–Crippen LogP) is 5.05. The highest BCUT2D eigenvalue weighted by Crippen LogP contribution is 2.33. The first-order valence-electron chi connectivity index (χ1n) is 11.1. The molecule has 0 saturated heterocycles. The van der Waals surface area contributed by atoms with Gasteiger partial charge in [-0.3, -0.25) is 0 Å². The Bertz CT molecular complexity index is 1290. The lowest BCUT2D eigenvalue weighted by molar-refractivity contribution is -0.154. The van der Waals surface area contributed by atoms with Crippen LogP contribution in [0.1, 0.15) is 54.5 Å². The first-order chi connectivity index (χ1) is 16.3. The molecule has 3 aromatic rings. The molecule has 0 bridgehead atoms. The summed E-state index contributed by atoms with van der Waals surface area (Å²) in [6.45, 7) is 8.49. The lowest BCUT2D eigenvalue weighted by atomic mass is 9.99. The first-order valence-corrected chi connectivity index (χ1v) is 11.1. The van der Waals surface area contributed by atoms with Crippen molar-refractivity contribution in [3.8, 4) is 11.4 Å². The van der Waals surface area contributed by atoms with E-state index in [4.69, 9.17) is 4.74 Å². The van der Waals surface area contributed by atoms with Gasteiger partial charge >= 0.3 is 17.8 Å². The predicted molar refractivity (Wildman–Crippen MR) is 124 cm³/mol. The Balaban J connectivity index is 1.88. The SMILES string of the molecule is CCCC(C)(Oc1c(C)cc(Cn2ncn(-c3ccc(C(F)(F)F)c(C)c3)c2=O)cc1C)C(=O)O. The summed E-state index contributed by atoms with van der Waals surface area (Å²) in [5.41, 5.74) is -0.144. The zero-order valence-corrected chi connectivity index (χ0v) is 20.2. The molecule has 10 heteroatoms. The van der Waals surface area contributed by atoms with E-state index in [1.54, 1.807) is 32.9 Å². The molecule has 1 heterocycles. The fourth-order valence-corrected chi connectivity index (χ4v) is 4.11. The minimum absolute atomic E-state index is 0.00734. The number of benzene rings is 2. The van der Waals surface area contributed by atoms with Crippen LogP contribution in [0.25, 0.3) is 5.69 Å². The highest BCUT2D eigenvalue weighted by Gasteiger charge is 2.35. The van der Waals surface area contributed by atoms with E-state index < -0.39 is 29.0 Å². The van der Waals surface area contributed by atoms with Gasteiger partial charge < -0.3 is 9.84 Å². The number of aryl methyl sites for hydroxylation is 3. The molecule has 0 aliphatic rings. The summed E-state index contributed by atoms with van der Waals surface area (Å²) in [6.07, 6.45) is -2.21. The molecule has 35 heavy (non-hydrogen) atoms. The molecule has 0 fully saturated rings. The van der Waals surface area contributed by atoms with Gasteiger partial charge in [-0.1, -0.05) is 25.5 Å². The number of hydrogen-bond acceptors (Lipinski definition) is 4. The van der Waals surface area contributed by atoms with Crippen LogP contribution in [-0.2, 0) is 17.5 Å². The monoisotopic (exact) mass is 491 g/mol. The van der Waals surface area contributed by atoms with Crippen molar-refractivity contribution in [1.29, 1.82) is 0 Å². The number of rotatable bonds is 8. The van der Waals surface area contributed by atoms with E-state index >= 15 is 0 Å². The fourth-order valence-electron chi connectivity index (χ4n) is 4.11. The van der Waals surface area contributed by atoms with Crippen LogP contribution >= 0.6 is 0 Å². The van der Waals surface area contributed by atoms with Crippen molar-refractivity contribution >= 4 is 5.97 Å². The quantitative estimate of drug-likeness (QED) is 0.477. The van der Waals surface area contributed by atoms with Gasteiger partial charge in [-0.2, -0.15) is 18.3 Å². The van der Waals surface area contributed by atoms with Gasteiger partial charge in [0.2, 0.25) is 5.60 Å². The third kappa shape index (κ3) is 5.41. The Labute approximate surface area is 200 Å². The third-order valence-corrected chi connectivity index (χ3v) is 5.89. The van der Waals surface area contributed by atoms with Gasteiger partial charge in [0.15, 0.2) is 0 Å². The van der Waals surface area contributed by atoms with Crippen LogP contribution in [0.2, 0.25) is 0 Å². The standard InChI is InChI=1S/C25H28F3N3O4/c1-6-9-24(5,22(32)33)35-21-16(3)10-18(11-17(21)4)13-31-23(34)30(14-29-31)19-7-8-20(15(2)12-19)25(26,27)28/h7-8,10-12,14H,6,9,13H2,1-5H3,(H,32,33). The Morgan fingerprint density at radius 2 is 1.71 bits per heavy atom. The molecule has 1 atom stereocenters. The van der Waals surface area contributed by atoms with Crippen LogP contribution in [0.4, 0.5) is 13.2 Å². The number of aromatic nitrogens is 3. The van der Waals surface area contributed by atoms with Crippen molar-refractivity contribution in [2.75, 3.05) is 0 Å². The summed E-state index contributed by atoms with van der Waals surface area (Å²) < 4.78 is 47.5. The third-order valence-electron chi connectivity index (χ3n) is 5.89. The average molecular weight is 492 g/mol. The normalized spacial score (nSPS) is 13.5. The van der Waals surface area contributed by atoms with Gasteiger partial charge in [-0.15, -0.1) is 0 Å². The molecule has 0 radical (unpaired) electrons. The Morgan fingerprint density at radius 1 is 1.09 bits per heavy atom. The summed E-state index contributed by atoms with van der Waals surface area (Å²) in [7, 11) is 0. The van der Waals surface area contributed by atoms with Crippen molar-refractivity contribution in [2.45, 2.75) is 65.8 Å². The van der Waals surface area contributed by atoms with Crippen LogP contribution in [0.15, 0.2) is 41.5 Å². The van der Waals surface area contributed by atoms with Crippen molar-refractivity contribution < 1.29 is 27.8 Å². The number of aliphatic carboxylic acids is 1. The van der Waals surface area contributed by atoms with Gasteiger partial charge in [0.25, 0.3) is 0 Å². The zero-order valence-electron chi connectivity index (χ0n) is 20.2. The molecule has 1 unspecified atom stereocenters. The number of hydrogen-bond donors (Lipinski definition) is 1. The molecule has 1 N–H and O–H groups in total. The molecule has 1 aromatic heterocycles.